The summed E-state index contributed by atoms with van der Waals surface area (Å²) >= 11 is 0. The molecule has 0 saturated carbocycles. The number of carbonyl (C=O) groups excluding carboxylic acids is 1. The van der Waals surface area contributed by atoms with Crippen molar-refractivity contribution in [2.45, 2.75) is 27.2 Å². The maximum absolute atomic E-state index is 11.8. The Labute approximate surface area is 121 Å². The molecule has 3 N–H and O–H groups in total. The van der Waals surface area contributed by atoms with E-state index >= 15 is 0 Å². The van der Waals surface area contributed by atoms with Crippen molar-refractivity contribution in [1.29, 1.82) is 0 Å². The lowest BCUT2D eigenvalue weighted by molar-refractivity contribution is 0.0952. The van der Waals surface area contributed by atoms with Crippen LogP contribution in [0.5, 0.6) is 0 Å². The van der Waals surface area contributed by atoms with Gasteiger partial charge in [0.15, 0.2) is 0 Å². The zero-order chi connectivity index (χ0) is 15.0. The molecule has 0 aliphatic rings. The number of benzene rings is 1. The zero-order valence-electron chi connectivity index (χ0n) is 12.7. The molecule has 1 aromatic rings. The number of rotatable bonds is 8. The quantitative estimate of drug-likeness (QED) is 0.635. The first-order chi connectivity index (χ1) is 9.50. The number of hydrogen-bond donors (Lipinski definition) is 3. The van der Waals surface area contributed by atoms with Crippen LogP contribution < -0.4 is 10.6 Å². The van der Waals surface area contributed by atoms with Gasteiger partial charge in [0.1, 0.15) is 0 Å². The van der Waals surface area contributed by atoms with Gasteiger partial charge in [0.05, 0.1) is 0 Å². The summed E-state index contributed by atoms with van der Waals surface area (Å²) in [4.78, 5) is 11.8. The summed E-state index contributed by atoms with van der Waals surface area (Å²) in [6.45, 7) is 8.32. The van der Waals surface area contributed by atoms with E-state index in [0.717, 1.165) is 18.5 Å². The highest BCUT2D eigenvalue weighted by Gasteiger charge is 2.19. The van der Waals surface area contributed by atoms with Crippen molar-refractivity contribution < 1.29 is 9.90 Å². The van der Waals surface area contributed by atoms with Gasteiger partial charge in [-0.3, -0.25) is 4.79 Å². The Kier molecular flexibility index (Phi) is 6.68. The van der Waals surface area contributed by atoms with Crippen LogP contribution in [0.3, 0.4) is 0 Å². The van der Waals surface area contributed by atoms with Crippen LogP contribution in [0, 0.1) is 12.3 Å². The third kappa shape index (κ3) is 5.31. The number of hydrogen-bond acceptors (Lipinski definition) is 3. The molecule has 1 atom stereocenters. The molecule has 0 heterocycles. The van der Waals surface area contributed by atoms with Crippen LogP contribution in [0.4, 0.5) is 0 Å². The molecule has 4 heteroatoms. The van der Waals surface area contributed by atoms with Crippen molar-refractivity contribution >= 4 is 5.91 Å². The van der Waals surface area contributed by atoms with Gasteiger partial charge in [-0.1, -0.05) is 31.5 Å². The molecule has 0 spiro atoms. The molecular weight excluding hydrogens is 252 g/mol. The van der Waals surface area contributed by atoms with Crippen LogP contribution in [-0.4, -0.2) is 37.3 Å². The number of aliphatic hydroxyl groups is 1. The predicted octanol–water partition coefficient (Wildman–Crippen LogP) is 1.72. The summed E-state index contributed by atoms with van der Waals surface area (Å²) in [7, 11) is 0. The van der Waals surface area contributed by atoms with Crippen LogP contribution in [0.25, 0.3) is 0 Å². The maximum atomic E-state index is 11.8. The minimum absolute atomic E-state index is 0.0489. The predicted molar refractivity (Wildman–Crippen MR) is 81.9 cm³/mol. The molecule has 0 bridgehead atoms. The Balaban J connectivity index is 2.24. The van der Waals surface area contributed by atoms with Crippen molar-refractivity contribution in [1.82, 2.24) is 10.6 Å². The third-order valence-corrected chi connectivity index (χ3v) is 3.69. The largest absolute Gasteiger partial charge is 0.396 e. The molecule has 20 heavy (non-hydrogen) atoms. The third-order valence-electron chi connectivity index (χ3n) is 3.69. The Morgan fingerprint density at radius 2 is 1.90 bits per heavy atom. The molecule has 0 radical (unpaired) electrons. The van der Waals surface area contributed by atoms with Crippen molar-refractivity contribution in [2.75, 3.05) is 26.2 Å². The maximum Gasteiger partial charge on any atom is 0.251 e. The molecule has 1 unspecified atom stereocenters. The van der Waals surface area contributed by atoms with Crippen molar-refractivity contribution in [2.24, 2.45) is 5.41 Å². The highest BCUT2D eigenvalue weighted by molar-refractivity contribution is 5.94. The summed E-state index contributed by atoms with van der Waals surface area (Å²) in [6, 6.07) is 7.53. The summed E-state index contributed by atoms with van der Waals surface area (Å²) in [5.41, 5.74) is 1.75. The molecule has 0 aliphatic carbocycles. The van der Waals surface area contributed by atoms with E-state index in [-0.39, 0.29) is 17.9 Å². The van der Waals surface area contributed by atoms with Crippen molar-refractivity contribution in [3.63, 3.8) is 0 Å². The lowest BCUT2D eigenvalue weighted by Crippen LogP contribution is -2.38. The van der Waals surface area contributed by atoms with Crippen LogP contribution in [0.1, 0.15) is 36.2 Å². The Morgan fingerprint density at radius 3 is 2.45 bits per heavy atom. The SMILES string of the molecule is CCC(C)(CO)CNCCNC(=O)c1ccc(C)cc1. The highest BCUT2D eigenvalue weighted by Crippen LogP contribution is 2.17. The monoisotopic (exact) mass is 278 g/mol. The first kappa shape index (κ1) is 16.7. The van der Waals surface area contributed by atoms with E-state index in [2.05, 4.69) is 17.6 Å². The van der Waals surface area contributed by atoms with Gasteiger partial charge >= 0.3 is 0 Å². The molecule has 0 aromatic heterocycles. The van der Waals surface area contributed by atoms with E-state index < -0.39 is 0 Å². The molecule has 4 nitrogen and oxygen atoms in total. The number of nitrogens with one attached hydrogen (secondary N) is 2. The molecule has 0 fully saturated rings. The van der Waals surface area contributed by atoms with Gasteiger partial charge in [-0.2, -0.15) is 0 Å². The lowest BCUT2D eigenvalue weighted by atomic mass is 9.89. The molecule has 112 valence electrons. The second-order valence-electron chi connectivity index (χ2n) is 5.62. The molecule has 1 amide bonds. The van der Waals surface area contributed by atoms with Gasteiger partial charge in [-0.05, 0) is 25.5 Å². The fourth-order valence-corrected chi connectivity index (χ4v) is 1.75. The lowest BCUT2D eigenvalue weighted by Gasteiger charge is -2.25. The van der Waals surface area contributed by atoms with Gasteiger partial charge in [-0.25, -0.2) is 0 Å². The Hall–Kier alpha value is -1.39. The first-order valence-electron chi connectivity index (χ1n) is 7.17. The first-order valence-corrected chi connectivity index (χ1v) is 7.17. The zero-order valence-corrected chi connectivity index (χ0v) is 12.7. The number of carbonyl (C=O) groups is 1. The minimum atomic E-state index is -0.0824. The van der Waals surface area contributed by atoms with Crippen molar-refractivity contribution in [3.8, 4) is 0 Å². The van der Waals surface area contributed by atoms with Gasteiger partial charge in [-0.15, -0.1) is 0 Å². The summed E-state index contributed by atoms with van der Waals surface area (Å²) in [5, 5.41) is 15.4. The standard InChI is InChI=1S/C16H26N2O2/c1-4-16(3,12-19)11-17-9-10-18-15(20)14-7-5-13(2)6-8-14/h5-8,17,19H,4,9-12H2,1-3H3,(H,18,20). The smallest absolute Gasteiger partial charge is 0.251 e. The van der Waals surface area contributed by atoms with Gasteiger partial charge in [0, 0.05) is 37.2 Å². The summed E-state index contributed by atoms with van der Waals surface area (Å²) in [5.74, 6) is -0.0489. The summed E-state index contributed by atoms with van der Waals surface area (Å²) < 4.78 is 0. The Morgan fingerprint density at radius 1 is 1.25 bits per heavy atom. The van der Waals surface area contributed by atoms with E-state index in [1.165, 1.54) is 0 Å². The number of aliphatic hydroxyl groups excluding tert-OH is 1. The highest BCUT2D eigenvalue weighted by atomic mass is 16.3. The van der Waals surface area contributed by atoms with Crippen molar-refractivity contribution in [3.05, 3.63) is 35.4 Å². The van der Waals surface area contributed by atoms with E-state index in [4.69, 9.17) is 0 Å². The number of aryl methyl sites for hydroxylation is 1. The van der Waals surface area contributed by atoms with Crippen LogP contribution >= 0.6 is 0 Å². The molecular formula is C16H26N2O2. The number of amides is 1. The fourth-order valence-electron chi connectivity index (χ4n) is 1.75. The van der Waals surface area contributed by atoms with Gasteiger partial charge < -0.3 is 15.7 Å². The fraction of sp³-hybridized carbons (Fsp3) is 0.562. The van der Waals surface area contributed by atoms with E-state index in [9.17, 15) is 9.90 Å². The van der Waals surface area contributed by atoms with Gasteiger partial charge in [0.2, 0.25) is 0 Å². The average molecular weight is 278 g/mol. The van der Waals surface area contributed by atoms with Crippen LogP contribution in [-0.2, 0) is 0 Å². The topological polar surface area (TPSA) is 61.4 Å². The van der Waals surface area contributed by atoms with E-state index in [1.54, 1.807) is 0 Å². The molecule has 1 aromatic carbocycles. The second-order valence-corrected chi connectivity index (χ2v) is 5.62. The Bertz CT molecular complexity index is 411. The average Bonchev–Trinajstić information content (AvgIpc) is 2.47. The molecule has 1 rings (SSSR count). The second kappa shape index (κ2) is 8.02. The van der Waals surface area contributed by atoms with Gasteiger partial charge in [0.25, 0.3) is 5.91 Å². The van der Waals surface area contributed by atoms with E-state index in [1.807, 2.05) is 38.1 Å². The minimum Gasteiger partial charge on any atom is -0.396 e. The van der Waals surface area contributed by atoms with E-state index in [0.29, 0.717) is 18.7 Å². The molecule has 0 aliphatic heterocycles. The normalized spacial score (nSPS) is 13.8. The van der Waals surface area contributed by atoms with Crippen LogP contribution in [0.2, 0.25) is 0 Å². The molecule has 0 saturated heterocycles. The van der Waals surface area contributed by atoms with Crippen LogP contribution in [0.15, 0.2) is 24.3 Å². The summed E-state index contributed by atoms with van der Waals surface area (Å²) in [6.07, 6.45) is 0.923.